The minimum atomic E-state index is 0.284. The summed E-state index contributed by atoms with van der Waals surface area (Å²) in [7, 11) is 0. The molecular formula is C17H24N2. The second-order valence-electron chi connectivity index (χ2n) is 6.51. The van der Waals surface area contributed by atoms with Crippen LogP contribution >= 0.6 is 0 Å². The van der Waals surface area contributed by atoms with Crippen molar-refractivity contribution in [2.75, 3.05) is 18.0 Å². The molecule has 1 aliphatic heterocycles. The lowest BCUT2D eigenvalue weighted by molar-refractivity contribution is 0.174. The molecule has 19 heavy (non-hydrogen) atoms. The van der Waals surface area contributed by atoms with E-state index in [0.29, 0.717) is 12.3 Å². The molecule has 1 fully saturated rings. The normalized spacial score (nSPS) is 22.1. The molecule has 1 aromatic rings. The van der Waals surface area contributed by atoms with Crippen LogP contribution in [0.5, 0.6) is 0 Å². The van der Waals surface area contributed by atoms with Crippen molar-refractivity contribution in [2.45, 2.75) is 40.5 Å². The van der Waals surface area contributed by atoms with Gasteiger partial charge in [0.1, 0.15) is 0 Å². The van der Waals surface area contributed by atoms with E-state index in [1.54, 1.807) is 0 Å². The number of hydrogen-bond donors (Lipinski definition) is 0. The summed E-state index contributed by atoms with van der Waals surface area (Å²) in [5.74, 6) is 0.466. The summed E-state index contributed by atoms with van der Waals surface area (Å²) < 4.78 is 0. The molecule has 1 aliphatic rings. The van der Waals surface area contributed by atoms with Gasteiger partial charge in [0, 0.05) is 25.2 Å². The minimum absolute atomic E-state index is 0.284. The maximum Gasteiger partial charge on any atom is 0.0625 e. The molecule has 0 aliphatic carbocycles. The smallest absolute Gasteiger partial charge is 0.0625 e. The Balaban J connectivity index is 2.18. The summed E-state index contributed by atoms with van der Waals surface area (Å²) in [4.78, 5) is 2.44. The number of piperidine rings is 1. The number of nitriles is 1. The zero-order chi connectivity index (χ0) is 14.0. The molecule has 2 nitrogen and oxygen atoms in total. The molecule has 0 N–H and O–H groups in total. The number of benzene rings is 1. The highest BCUT2D eigenvalue weighted by molar-refractivity contribution is 5.51. The zero-order valence-electron chi connectivity index (χ0n) is 12.5. The number of hydrogen-bond acceptors (Lipinski definition) is 2. The molecule has 2 heteroatoms. The summed E-state index contributed by atoms with van der Waals surface area (Å²) >= 11 is 0. The highest BCUT2D eigenvalue weighted by Crippen LogP contribution is 2.39. The lowest BCUT2D eigenvalue weighted by Crippen LogP contribution is -2.44. The van der Waals surface area contributed by atoms with Crippen molar-refractivity contribution >= 4 is 5.69 Å². The second kappa shape index (κ2) is 5.25. The standard InChI is InChI=1S/C17H24N2/c1-13-5-6-16(11-14(13)2)19-10-8-17(3,4)15(12-19)7-9-18/h5-6,11,15H,7-8,10,12H2,1-4H3. The van der Waals surface area contributed by atoms with Crippen LogP contribution in [-0.2, 0) is 0 Å². The summed E-state index contributed by atoms with van der Waals surface area (Å²) in [5.41, 5.74) is 4.28. The van der Waals surface area contributed by atoms with Gasteiger partial charge < -0.3 is 4.90 Å². The topological polar surface area (TPSA) is 27.0 Å². The number of nitrogens with zero attached hydrogens (tertiary/aromatic N) is 2. The third-order valence-corrected chi connectivity index (χ3v) is 4.77. The highest BCUT2D eigenvalue weighted by Gasteiger charge is 2.35. The van der Waals surface area contributed by atoms with Crippen molar-refractivity contribution < 1.29 is 0 Å². The van der Waals surface area contributed by atoms with Gasteiger partial charge in [-0.15, -0.1) is 0 Å². The van der Waals surface area contributed by atoms with Gasteiger partial charge in [0.2, 0.25) is 0 Å². The molecule has 1 atom stereocenters. The van der Waals surface area contributed by atoms with Gasteiger partial charge in [0.15, 0.2) is 0 Å². The van der Waals surface area contributed by atoms with Gasteiger partial charge in [-0.2, -0.15) is 5.26 Å². The Morgan fingerprint density at radius 3 is 2.68 bits per heavy atom. The second-order valence-corrected chi connectivity index (χ2v) is 6.51. The van der Waals surface area contributed by atoms with Crippen molar-refractivity contribution in [1.29, 1.82) is 5.26 Å². The van der Waals surface area contributed by atoms with E-state index in [1.807, 2.05) is 0 Å². The van der Waals surface area contributed by atoms with Gasteiger partial charge >= 0.3 is 0 Å². The molecule has 2 rings (SSSR count). The van der Waals surface area contributed by atoms with E-state index in [1.165, 1.54) is 16.8 Å². The van der Waals surface area contributed by atoms with Crippen LogP contribution in [0.3, 0.4) is 0 Å². The van der Waals surface area contributed by atoms with E-state index in [9.17, 15) is 0 Å². The number of rotatable bonds is 2. The molecule has 1 aromatic carbocycles. The molecule has 0 spiro atoms. The third-order valence-electron chi connectivity index (χ3n) is 4.77. The van der Waals surface area contributed by atoms with Crippen molar-refractivity contribution in [3.8, 4) is 6.07 Å². The van der Waals surface area contributed by atoms with E-state index in [-0.39, 0.29) is 5.41 Å². The molecule has 102 valence electrons. The Kier molecular flexibility index (Phi) is 3.85. The molecule has 1 unspecified atom stereocenters. The Morgan fingerprint density at radius 1 is 1.32 bits per heavy atom. The maximum absolute atomic E-state index is 9.02. The van der Waals surface area contributed by atoms with E-state index >= 15 is 0 Å². The molecular weight excluding hydrogens is 232 g/mol. The van der Waals surface area contributed by atoms with Gasteiger partial charge in [0.25, 0.3) is 0 Å². The van der Waals surface area contributed by atoms with E-state index < -0.39 is 0 Å². The third kappa shape index (κ3) is 2.92. The van der Waals surface area contributed by atoms with Crippen LogP contribution in [0.15, 0.2) is 18.2 Å². The fourth-order valence-electron chi connectivity index (χ4n) is 2.84. The molecule has 0 aromatic heterocycles. The number of anilines is 1. The fourth-order valence-corrected chi connectivity index (χ4v) is 2.84. The molecule has 1 saturated heterocycles. The van der Waals surface area contributed by atoms with Crippen LogP contribution in [0.2, 0.25) is 0 Å². The van der Waals surface area contributed by atoms with Gasteiger partial charge in [-0.1, -0.05) is 19.9 Å². The molecule has 0 amide bonds. The molecule has 0 radical (unpaired) electrons. The van der Waals surface area contributed by atoms with E-state index in [4.69, 9.17) is 5.26 Å². The van der Waals surface area contributed by atoms with Gasteiger partial charge in [-0.25, -0.2) is 0 Å². The monoisotopic (exact) mass is 256 g/mol. The van der Waals surface area contributed by atoms with Crippen LogP contribution < -0.4 is 4.90 Å². The van der Waals surface area contributed by atoms with Crippen LogP contribution in [0, 0.1) is 36.5 Å². The quantitative estimate of drug-likeness (QED) is 0.797. The van der Waals surface area contributed by atoms with Crippen LogP contribution in [-0.4, -0.2) is 13.1 Å². The van der Waals surface area contributed by atoms with E-state index in [0.717, 1.165) is 19.5 Å². The average Bonchev–Trinajstić information content (AvgIpc) is 2.35. The summed E-state index contributed by atoms with van der Waals surface area (Å²) in [6.07, 6.45) is 1.82. The lowest BCUT2D eigenvalue weighted by atomic mass is 9.72. The first-order valence-corrected chi connectivity index (χ1v) is 7.13. The SMILES string of the molecule is Cc1ccc(N2CCC(C)(C)C(CC#N)C2)cc1C. The summed E-state index contributed by atoms with van der Waals surface area (Å²) in [6.45, 7) is 11.0. The largest absolute Gasteiger partial charge is 0.371 e. The van der Waals surface area contributed by atoms with Gasteiger partial charge in [-0.05, 0) is 54.9 Å². The maximum atomic E-state index is 9.02. The van der Waals surface area contributed by atoms with Crippen LogP contribution in [0.1, 0.15) is 37.8 Å². The molecule has 0 saturated carbocycles. The summed E-state index contributed by atoms with van der Waals surface area (Å²) in [6, 6.07) is 9.04. The first-order chi connectivity index (χ1) is 8.94. The van der Waals surface area contributed by atoms with E-state index in [2.05, 4.69) is 56.9 Å². The first-order valence-electron chi connectivity index (χ1n) is 7.13. The van der Waals surface area contributed by atoms with Crippen molar-refractivity contribution in [2.24, 2.45) is 11.3 Å². The van der Waals surface area contributed by atoms with Crippen molar-refractivity contribution in [3.05, 3.63) is 29.3 Å². The minimum Gasteiger partial charge on any atom is -0.371 e. The Labute approximate surface area is 117 Å². The number of aryl methyl sites for hydroxylation is 2. The van der Waals surface area contributed by atoms with Crippen LogP contribution in [0.25, 0.3) is 0 Å². The Morgan fingerprint density at radius 2 is 2.05 bits per heavy atom. The molecule has 1 heterocycles. The first kappa shape index (κ1) is 13.9. The van der Waals surface area contributed by atoms with Crippen molar-refractivity contribution in [3.63, 3.8) is 0 Å². The fraction of sp³-hybridized carbons (Fsp3) is 0.588. The molecule has 0 bridgehead atoms. The Hall–Kier alpha value is -1.49. The Bertz CT molecular complexity index is 496. The average molecular weight is 256 g/mol. The predicted molar refractivity (Wildman–Crippen MR) is 80.2 cm³/mol. The lowest BCUT2D eigenvalue weighted by Gasteiger charge is -2.44. The van der Waals surface area contributed by atoms with Gasteiger partial charge in [-0.3, -0.25) is 0 Å². The summed E-state index contributed by atoms with van der Waals surface area (Å²) in [5, 5.41) is 9.02. The van der Waals surface area contributed by atoms with Gasteiger partial charge in [0.05, 0.1) is 6.07 Å². The predicted octanol–water partition coefficient (Wildman–Crippen LogP) is 4.07. The van der Waals surface area contributed by atoms with Crippen molar-refractivity contribution in [1.82, 2.24) is 0 Å². The highest BCUT2D eigenvalue weighted by atomic mass is 15.1. The zero-order valence-corrected chi connectivity index (χ0v) is 12.5. The van der Waals surface area contributed by atoms with Crippen LogP contribution in [0.4, 0.5) is 5.69 Å².